The van der Waals surface area contributed by atoms with Crippen molar-refractivity contribution in [2.24, 2.45) is 23.7 Å². The van der Waals surface area contributed by atoms with Crippen LogP contribution in [0.4, 0.5) is 9.93 Å². The van der Waals surface area contributed by atoms with Crippen LogP contribution < -0.4 is 10.6 Å². The van der Waals surface area contributed by atoms with Crippen LogP contribution in [0, 0.1) is 23.7 Å². The molecule has 2 aliphatic heterocycles. The van der Waals surface area contributed by atoms with Crippen molar-refractivity contribution < 1.29 is 32.5 Å². The van der Waals surface area contributed by atoms with Gasteiger partial charge in [0.1, 0.15) is 6.10 Å². The number of thiazole rings is 1. The zero-order valence-corrected chi connectivity index (χ0v) is 27.7. The molecule has 3 unspecified atom stereocenters. The Hall–Kier alpha value is -2.81. The molecule has 0 radical (unpaired) electrons. The Morgan fingerprint density at radius 2 is 1.89 bits per heavy atom. The maximum atomic E-state index is 14.1. The molecule has 4 aliphatic rings. The van der Waals surface area contributed by atoms with Gasteiger partial charge in [-0.05, 0) is 55.4 Å². The van der Waals surface area contributed by atoms with Crippen LogP contribution in [-0.2, 0) is 30.7 Å². The molecular weight excluding hydrogens is 629 g/mol. The number of benzene rings is 2. The van der Waals surface area contributed by atoms with Gasteiger partial charge in [0.15, 0.2) is 11.4 Å². The van der Waals surface area contributed by atoms with Gasteiger partial charge in [-0.15, -0.1) is 0 Å². The molecule has 2 aliphatic carbocycles. The van der Waals surface area contributed by atoms with Gasteiger partial charge in [0.05, 0.1) is 40.5 Å². The van der Waals surface area contributed by atoms with Crippen molar-refractivity contribution >= 4 is 42.8 Å². The van der Waals surface area contributed by atoms with Gasteiger partial charge in [-0.1, -0.05) is 55.5 Å². The van der Waals surface area contributed by atoms with E-state index in [9.17, 15) is 18.3 Å². The number of anilines is 1. The summed E-state index contributed by atoms with van der Waals surface area (Å²) in [6.45, 7) is 4.85. The Bertz CT molecular complexity index is 1650. The number of carbonyl (C=O) groups excluding carboxylic acids is 1. The highest BCUT2D eigenvalue weighted by molar-refractivity contribution is 7.89. The van der Waals surface area contributed by atoms with Crippen molar-refractivity contribution in [1.82, 2.24) is 14.6 Å². The molecule has 248 valence electrons. The molecule has 2 saturated heterocycles. The monoisotopic (exact) mass is 670 g/mol. The van der Waals surface area contributed by atoms with Gasteiger partial charge in [-0.3, -0.25) is 0 Å². The second-order valence-corrected chi connectivity index (χ2v) is 16.5. The van der Waals surface area contributed by atoms with E-state index in [0.29, 0.717) is 25.7 Å². The van der Waals surface area contributed by atoms with E-state index in [-0.39, 0.29) is 54.1 Å². The molecule has 1 amide bonds. The van der Waals surface area contributed by atoms with Crippen LogP contribution in [0.15, 0.2) is 53.4 Å². The number of nitrogens with one attached hydrogen (secondary N) is 2. The number of amides is 1. The molecule has 1 aromatic heterocycles. The topological polar surface area (TPSA) is 139 Å². The highest BCUT2D eigenvalue weighted by Gasteiger charge is 2.56. The molecule has 2 saturated carbocycles. The van der Waals surface area contributed by atoms with Crippen LogP contribution in [0.3, 0.4) is 0 Å². The van der Waals surface area contributed by atoms with Crippen LogP contribution in [0.5, 0.6) is 0 Å². The minimum absolute atomic E-state index is 0.00430. The van der Waals surface area contributed by atoms with Gasteiger partial charge in [0.2, 0.25) is 10.0 Å². The maximum absolute atomic E-state index is 14.1. The predicted molar refractivity (Wildman–Crippen MR) is 174 cm³/mol. The average molecular weight is 671 g/mol. The molecule has 4 fully saturated rings. The summed E-state index contributed by atoms with van der Waals surface area (Å²) in [6, 6.07) is 14.1. The second-order valence-electron chi connectivity index (χ2n) is 13.5. The minimum atomic E-state index is -3.99. The van der Waals surface area contributed by atoms with Crippen molar-refractivity contribution in [3.63, 3.8) is 0 Å². The van der Waals surface area contributed by atoms with Crippen LogP contribution in [-0.4, -0.2) is 85.8 Å². The fraction of sp³-hybridized carbons (Fsp3) is 0.576. The number of aromatic nitrogens is 1. The third-order valence-corrected chi connectivity index (χ3v) is 12.2. The maximum Gasteiger partial charge on any atom is 0.407 e. The van der Waals surface area contributed by atoms with E-state index >= 15 is 0 Å². The lowest BCUT2D eigenvalue weighted by atomic mass is 9.98. The predicted octanol–water partition coefficient (Wildman–Crippen LogP) is 4.22. The van der Waals surface area contributed by atoms with Gasteiger partial charge in [0.25, 0.3) is 0 Å². The molecule has 46 heavy (non-hydrogen) atoms. The fourth-order valence-electron chi connectivity index (χ4n) is 7.00. The normalized spacial score (nSPS) is 26.8. The molecule has 2 bridgehead atoms. The number of carbonyl (C=O) groups is 1. The lowest BCUT2D eigenvalue weighted by Gasteiger charge is -2.31. The number of nitrogens with zero attached hydrogens (tertiary/aromatic N) is 2. The Morgan fingerprint density at radius 3 is 2.65 bits per heavy atom. The minimum Gasteiger partial charge on any atom is -0.445 e. The summed E-state index contributed by atoms with van der Waals surface area (Å²) in [7, 11) is -3.99. The Labute approximate surface area is 273 Å². The summed E-state index contributed by atoms with van der Waals surface area (Å²) in [5.41, 5.74) is 1.64. The molecule has 7 rings (SSSR count). The Morgan fingerprint density at radius 1 is 1.11 bits per heavy atom. The van der Waals surface area contributed by atoms with Gasteiger partial charge in [-0.2, -0.15) is 4.31 Å². The van der Waals surface area contributed by atoms with Gasteiger partial charge < -0.3 is 30.0 Å². The van der Waals surface area contributed by atoms with E-state index in [1.807, 2.05) is 44.2 Å². The summed E-state index contributed by atoms with van der Waals surface area (Å²) in [5.74, 6) is 0.419. The first-order valence-electron chi connectivity index (χ1n) is 16.2. The molecule has 11 nitrogen and oxygen atoms in total. The van der Waals surface area contributed by atoms with Crippen LogP contribution in [0.25, 0.3) is 10.2 Å². The molecular formula is C33H42N4O7S2. The number of sulfonamides is 1. The van der Waals surface area contributed by atoms with Crippen molar-refractivity contribution in [3.8, 4) is 0 Å². The number of hydrogen-bond donors (Lipinski definition) is 3. The highest BCUT2D eigenvalue weighted by atomic mass is 32.2. The number of aliphatic hydroxyl groups excluding tert-OH is 1. The highest BCUT2D eigenvalue weighted by Crippen LogP contribution is 2.49. The van der Waals surface area contributed by atoms with E-state index < -0.39 is 28.3 Å². The largest absolute Gasteiger partial charge is 0.445 e. The van der Waals surface area contributed by atoms with Crippen LogP contribution >= 0.6 is 11.3 Å². The quantitative estimate of drug-likeness (QED) is 0.244. The van der Waals surface area contributed by atoms with Crippen molar-refractivity contribution in [2.75, 3.05) is 31.6 Å². The number of alkyl carbamates (subject to hydrolysis) is 1. The van der Waals surface area contributed by atoms with Crippen molar-refractivity contribution in [2.45, 2.75) is 75.0 Å². The first kappa shape index (κ1) is 31.8. The van der Waals surface area contributed by atoms with Gasteiger partial charge in [-0.25, -0.2) is 18.2 Å². The van der Waals surface area contributed by atoms with E-state index in [1.165, 1.54) is 15.6 Å². The standard InChI is InChI=1S/C33H42N4O7S2/c1-19(2)15-37(46(40,41)23-10-11-26-29(14-23)45-32(35-26)34-22-8-9-22)16-28(38)27(12-20-6-4-3-5-7-20)36-33(39)44-30-21-13-24-25(30)18-43-31(24)42-17-21/h3-7,10-11,14,19,21-22,24-25,27-28,30-31,38H,8-9,12-13,15-18H2,1-2H3,(H,34,35)(H,36,39)/t21?,24?,25?,27-,28+,30-,31-/m0/s1. The van der Waals surface area contributed by atoms with Crippen molar-refractivity contribution in [3.05, 3.63) is 54.1 Å². The Balaban J connectivity index is 1.09. The van der Waals surface area contributed by atoms with Gasteiger partial charge in [0, 0.05) is 36.9 Å². The molecule has 3 heterocycles. The van der Waals surface area contributed by atoms with Crippen LogP contribution in [0.1, 0.15) is 38.7 Å². The molecule has 7 atom stereocenters. The summed E-state index contributed by atoms with van der Waals surface area (Å²) in [4.78, 5) is 18.1. The number of rotatable bonds is 13. The van der Waals surface area contributed by atoms with E-state index in [2.05, 4.69) is 15.6 Å². The summed E-state index contributed by atoms with van der Waals surface area (Å²) >= 11 is 1.44. The van der Waals surface area contributed by atoms with E-state index in [1.54, 1.807) is 18.2 Å². The van der Waals surface area contributed by atoms with E-state index in [4.69, 9.17) is 14.2 Å². The molecule has 3 aromatic rings. The summed E-state index contributed by atoms with van der Waals surface area (Å²) in [6.07, 6.45) is 1.03. The second kappa shape index (κ2) is 13.0. The molecule has 2 aromatic carbocycles. The molecule has 3 N–H and O–H groups in total. The number of ether oxygens (including phenoxy) is 3. The summed E-state index contributed by atoms with van der Waals surface area (Å²) < 4.78 is 47.9. The fourth-order valence-corrected chi connectivity index (χ4v) is 9.71. The third-order valence-electron chi connectivity index (χ3n) is 9.46. The SMILES string of the molecule is CC(C)CN(C[C@@H](O)[C@H](Cc1ccccc1)NC(=O)O[C@H]1C2CO[C@H]3OCC1C3C2)S(=O)(=O)c1ccc2nc(NC3CC3)sc2c1. The molecule has 0 spiro atoms. The van der Waals surface area contributed by atoms with Crippen molar-refractivity contribution in [1.29, 1.82) is 0 Å². The Kier molecular flexibility index (Phi) is 8.98. The zero-order valence-electron chi connectivity index (χ0n) is 26.1. The number of hydrogen-bond acceptors (Lipinski definition) is 10. The number of fused-ring (bicyclic) bond motifs is 2. The summed E-state index contributed by atoms with van der Waals surface area (Å²) in [5, 5.41) is 18.7. The van der Waals surface area contributed by atoms with Gasteiger partial charge >= 0.3 is 6.09 Å². The van der Waals surface area contributed by atoms with Crippen LogP contribution in [0.2, 0.25) is 0 Å². The average Bonchev–Trinajstić information content (AvgIpc) is 3.48. The number of aliphatic hydroxyl groups is 1. The zero-order chi connectivity index (χ0) is 32.0. The first-order chi connectivity index (χ1) is 22.1. The lowest BCUT2D eigenvalue weighted by Crippen LogP contribution is -2.52. The lowest BCUT2D eigenvalue weighted by molar-refractivity contribution is -0.169. The van der Waals surface area contributed by atoms with E-state index in [0.717, 1.165) is 40.2 Å². The smallest absolute Gasteiger partial charge is 0.407 e. The first-order valence-corrected chi connectivity index (χ1v) is 18.5. The molecule has 13 heteroatoms. The third kappa shape index (κ3) is 6.76.